The molecule has 214 valence electrons. The van der Waals surface area contributed by atoms with Crippen molar-refractivity contribution in [2.24, 2.45) is 0 Å². The fourth-order valence-corrected chi connectivity index (χ4v) is 7.12. The summed E-state index contributed by atoms with van der Waals surface area (Å²) in [6, 6.07) is 16.7. The number of fused-ring (bicyclic) bond motifs is 2. The van der Waals surface area contributed by atoms with Gasteiger partial charge < -0.3 is 25.0 Å². The highest BCUT2D eigenvalue weighted by Crippen LogP contribution is 2.33. The fraction of sp³-hybridized carbons (Fsp3) is 0.310. The Morgan fingerprint density at radius 3 is 2.54 bits per heavy atom. The molecule has 1 fully saturated rings. The van der Waals surface area contributed by atoms with E-state index in [1.807, 2.05) is 18.2 Å². The molecule has 12 heteroatoms. The Morgan fingerprint density at radius 1 is 0.951 bits per heavy atom. The molecule has 6 rings (SSSR count). The summed E-state index contributed by atoms with van der Waals surface area (Å²) >= 11 is 6.12. The monoisotopic (exact) mass is 596 g/mol. The lowest BCUT2D eigenvalue weighted by Crippen LogP contribution is -2.48. The second kappa shape index (κ2) is 11.2. The van der Waals surface area contributed by atoms with E-state index < -0.39 is 21.8 Å². The van der Waals surface area contributed by atoms with Crippen molar-refractivity contribution in [3.8, 4) is 11.5 Å². The van der Waals surface area contributed by atoms with Crippen LogP contribution in [0.2, 0.25) is 5.02 Å². The summed E-state index contributed by atoms with van der Waals surface area (Å²) in [5, 5.41) is 6.16. The largest absolute Gasteiger partial charge is 0.454 e. The number of nitrogens with one attached hydrogen (secondary N) is 2. The number of amides is 2. The number of hydrogen-bond acceptors (Lipinski definition) is 8. The maximum absolute atomic E-state index is 13.3. The third-order valence-corrected chi connectivity index (χ3v) is 9.39. The van der Waals surface area contributed by atoms with Crippen LogP contribution in [-0.2, 0) is 26.9 Å². The predicted molar refractivity (Wildman–Crippen MR) is 155 cm³/mol. The first-order chi connectivity index (χ1) is 19.7. The molecular weight excluding hydrogens is 568 g/mol. The first kappa shape index (κ1) is 27.4. The van der Waals surface area contributed by atoms with E-state index in [1.165, 1.54) is 0 Å². The highest BCUT2D eigenvalue weighted by atomic mass is 35.5. The number of rotatable bonds is 7. The standard InChI is InChI=1S/C29H29ClN4O6S/c30-22-4-2-1-3-21(22)16-41(37,38)17-25-28(35)32-24-14-20(6-7-23(24)31-25)29(36)34-11-9-33(10-12-34)15-19-5-8-26-27(13-19)40-18-39-26/h1-8,13-14,25,31H,9-12,15-18H2,(H,32,35)/t25-/m0/s1. The van der Waals surface area contributed by atoms with Gasteiger partial charge in [-0.3, -0.25) is 14.5 Å². The fourth-order valence-electron chi connectivity index (χ4n) is 5.25. The highest BCUT2D eigenvalue weighted by Gasteiger charge is 2.31. The lowest BCUT2D eigenvalue weighted by Gasteiger charge is -2.35. The van der Waals surface area contributed by atoms with Gasteiger partial charge in [0.2, 0.25) is 12.7 Å². The Hall–Kier alpha value is -3.80. The van der Waals surface area contributed by atoms with Gasteiger partial charge in [-0.15, -0.1) is 0 Å². The smallest absolute Gasteiger partial charge is 0.254 e. The highest BCUT2D eigenvalue weighted by molar-refractivity contribution is 7.90. The third-order valence-electron chi connectivity index (χ3n) is 7.43. The molecule has 2 amide bonds. The number of anilines is 2. The molecule has 0 unspecified atom stereocenters. The molecule has 0 radical (unpaired) electrons. The number of sulfone groups is 1. The summed E-state index contributed by atoms with van der Waals surface area (Å²) in [5.74, 6) is 0.282. The van der Waals surface area contributed by atoms with Crippen LogP contribution in [-0.4, -0.2) is 74.8 Å². The van der Waals surface area contributed by atoms with Crippen molar-refractivity contribution in [2.75, 3.05) is 49.4 Å². The number of ether oxygens (including phenoxy) is 2. The van der Waals surface area contributed by atoms with Crippen LogP contribution in [0.15, 0.2) is 60.7 Å². The first-order valence-corrected chi connectivity index (χ1v) is 15.5. The van der Waals surface area contributed by atoms with Crippen LogP contribution in [0, 0.1) is 0 Å². The molecule has 0 aliphatic carbocycles. The summed E-state index contributed by atoms with van der Waals surface area (Å²) in [7, 11) is -3.64. The van der Waals surface area contributed by atoms with Crippen LogP contribution in [0.4, 0.5) is 11.4 Å². The van der Waals surface area contributed by atoms with Gasteiger partial charge in [0.25, 0.3) is 5.91 Å². The van der Waals surface area contributed by atoms with Gasteiger partial charge in [-0.25, -0.2) is 8.42 Å². The van der Waals surface area contributed by atoms with Gasteiger partial charge in [0.05, 0.1) is 22.9 Å². The van der Waals surface area contributed by atoms with Gasteiger partial charge in [0, 0.05) is 43.3 Å². The van der Waals surface area contributed by atoms with Crippen LogP contribution in [0.3, 0.4) is 0 Å². The summed E-state index contributed by atoms with van der Waals surface area (Å²) in [6.07, 6.45) is 0. The lowest BCUT2D eigenvalue weighted by molar-refractivity contribution is -0.116. The molecule has 2 N–H and O–H groups in total. The molecule has 0 bridgehead atoms. The number of carbonyl (C=O) groups excluding carboxylic acids is 2. The van der Waals surface area contributed by atoms with E-state index in [1.54, 1.807) is 47.4 Å². The number of nitrogens with zero attached hydrogens (tertiary/aromatic N) is 2. The number of hydrogen-bond donors (Lipinski definition) is 2. The van der Waals surface area contributed by atoms with Crippen molar-refractivity contribution in [1.29, 1.82) is 0 Å². The number of piperazine rings is 1. The molecule has 1 atom stereocenters. The Balaban J connectivity index is 1.05. The van der Waals surface area contributed by atoms with Gasteiger partial charge in [0.1, 0.15) is 6.04 Å². The van der Waals surface area contributed by atoms with Crippen molar-refractivity contribution >= 4 is 44.6 Å². The zero-order valence-electron chi connectivity index (χ0n) is 22.1. The number of halogens is 1. The zero-order valence-corrected chi connectivity index (χ0v) is 23.7. The maximum atomic E-state index is 13.3. The van der Waals surface area contributed by atoms with E-state index in [2.05, 4.69) is 15.5 Å². The van der Waals surface area contributed by atoms with Gasteiger partial charge in [-0.1, -0.05) is 35.9 Å². The van der Waals surface area contributed by atoms with E-state index in [0.29, 0.717) is 40.6 Å². The SMILES string of the molecule is O=C1Nc2cc(C(=O)N3CCN(Cc4ccc5c(c4)OCO5)CC3)ccc2N[C@H]1CS(=O)(=O)Cc1ccccc1Cl. The van der Waals surface area contributed by atoms with Crippen molar-refractivity contribution in [1.82, 2.24) is 9.80 Å². The second-order valence-electron chi connectivity index (χ2n) is 10.3. The van der Waals surface area contributed by atoms with Crippen molar-refractivity contribution in [2.45, 2.75) is 18.3 Å². The van der Waals surface area contributed by atoms with E-state index in [4.69, 9.17) is 21.1 Å². The van der Waals surface area contributed by atoms with Gasteiger partial charge in [0.15, 0.2) is 21.3 Å². The molecule has 0 spiro atoms. The Kier molecular flexibility index (Phi) is 7.50. The van der Waals surface area contributed by atoms with Crippen LogP contribution < -0.4 is 20.1 Å². The lowest BCUT2D eigenvalue weighted by atomic mass is 10.1. The van der Waals surface area contributed by atoms with Crippen molar-refractivity contribution < 1.29 is 27.5 Å². The molecule has 1 saturated heterocycles. The summed E-state index contributed by atoms with van der Waals surface area (Å²) in [5.41, 5.74) is 3.08. The Bertz CT molecular complexity index is 1610. The zero-order chi connectivity index (χ0) is 28.6. The van der Waals surface area contributed by atoms with Crippen LogP contribution >= 0.6 is 11.6 Å². The van der Waals surface area contributed by atoms with Gasteiger partial charge in [-0.05, 0) is 47.5 Å². The Labute approximate surface area is 243 Å². The van der Waals surface area contributed by atoms with Gasteiger partial charge >= 0.3 is 0 Å². The van der Waals surface area contributed by atoms with Crippen molar-refractivity contribution in [3.63, 3.8) is 0 Å². The van der Waals surface area contributed by atoms with Gasteiger partial charge in [-0.2, -0.15) is 0 Å². The first-order valence-electron chi connectivity index (χ1n) is 13.3. The third kappa shape index (κ3) is 6.12. The molecule has 3 aromatic carbocycles. The maximum Gasteiger partial charge on any atom is 0.254 e. The van der Waals surface area contributed by atoms with Crippen molar-refractivity contribution in [3.05, 3.63) is 82.4 Å². The molecule has 3 heterocycles. The molecule has 3 aliphatic rings. The minimum Gasteiger partial charge on any atom is -0.454 e. The quantitative estimate of drug-likeness (QED) is 0.426. The number of benzene rings is 3. The average Bonchev–Trinajstić information content (AvgIpc) is 3.42. The van der Waals surface area contributed by atoms with Crippen LogP contribution in [0.5, 0.6) is 11.5 Å². The number of carbonyl (C=O) groups is 2. The van der Waals surface area contributed by atoms with E-state index >= 15 is 0 Å². The molecule has 3 aromatic rings. The molecular formula is C29H29ClN4O6S. The van der Waals surface area contributed by atoms with Crippen LogP contribution in [0.1, 0.15) is 21.5 Å². The molecule has 41 heavy (non-hydrogen) atoms. The average molecular weight is 597 g/mol. The second-order valence-corrected chi connectivity index (χ2v) is 12.9. The van der Waals surface area contributed by atoms with Crippen LogP contribution in [0.25, 0.3) is 0 Å². The van der Waals surface area contributed by atoms with E-state index in [9.17, 15) is 18.0 Å². The summed E-state index contributed by atoms with van der Waals surface area (Å²) in [4.78, 5) is 30.2. The topological polar surface area (TPSA) is 117 Å². The summed E-state index contributed by atoms with van der Waals surface area (Å²) in [6.45, 7) is 3.62. The molecule has 0 aromatic heterocycles. The minimum atomic E-state index is -3.64. The molecule has 10 nitrogen and oxygen atoms in total. The minimum absolute atomic E-state index is 0.116. The Morgan fingerprint density at radius 2 is 1.73 bits per heavy atom. The van der Waals surface area contributed by atoms with E-state index in [0.717, 1.165) is 36.7 Å². The normalized spacial score (nSPS) is 18.4. The molecule has 3 aliphatic heterocycles. The molecule has 0 saturated carbocycles. The van der Waals surface area contributed by atoms with E-state index in [-0.39, 0.29) is 24.2 Å². The predicted octanol–water partition coefficient (Wildman–Crippen LogP) is 3.37. The summed E-state index contributed by atoms with van der Waals surface area (Å²) < 4.78 is 36.5.